The molecule has 0 radical (unpaired) electrons. The minimum Gasteiger partial charge on any atom is -0.466 e. The Bertz CT molecular complexity index is 194. The second kappa shape index (κ2) is 6.80. The standard InChI is InChI=1S/C11H23NO3/c1-5-14-10(13)11(4,8-12)6-7-15-9(2)3/h9H,5-8,12H2,1-4H3. The molecule has 90 valence electrons. The highest BCUT2D eigenvalue weighted by atomic mass is 16.5. The van der Waals surface area contributed by atoms with Crippen LogP contribution in [0.2, 0.25) is 0 Å². The zero-order valence-electron chi connectivity index (χ0n) is 10.2. The van der Waals surface area contributed by atoms with Gasteiger partial charge in [0.15, 0.2) is 0 Å². The quantitative estimate of drug-likeness (QED) is 0.653. The molecular formula is C11H23NO3. The van der Waals surface area contributed by atoms with Gasteiger partial charge in [-0.2, -0.15) is 0 Å². The van der Waals surface area contributed by atoms with Crippen LogP contribution in [0, 0.1) is 5.41 Å². The summed E-state index contributed by atoms with van der Waals surface area (Å²) < 4.78 is 10.4. The smallest absolute Gasteiger partial charge is 0.313 e. The second-order valence-electron chi connectivity index (χ2n) is 4.15. The fourth-order valence-electron chi connectivity index (χ4n) is 1.11. The number of ether oxygens (including phenoxy) is 2. The minimum absolute atomic E-state index is 0.175. The monoisotopic (exact) mass is 217 g/mol. The molecule has 0 aromatic heterocycles. The van der Waals surface area contributed by atoms with E-state index in [-0.39, 0.29) is 18.6 Å². The van der Waals surface area contributed by atoms with Crippen LogP contribution in [0.15, 0.2) is 0 Å². The lowest BCUT2D eigenvalue weighted by atomic mass is 9.87. The van der Waals surface area contributed by atoms with Crippen molar-refractivity contribution in [3.63, 3.8) is 0 Å². The average molecular weight is 217 g/mol. The van der Waals surface area contributed by atoms with Gasteiger partial charge in [0, 0.05) is 13.2 Å². The Balaban J connectivity index is 4.12. The van der Waals surface area contributed by atoms with E-state index in [0.29, 0.717) is 19.6 Å². The molecule has 0 aliphatic heterocycles. The van der Waals surface area contributed by atoms with Crippen molar-refractivity contribution in [3.8, 4) is 0 Å². The number of nitrogens with two attached hydrogens (primary N) is 1. The summed E-state index contributed by atoms with van der Waals surface area (Å²) in [5.41, 5.74) is 4.98. The third-order valence-electron chi connectivity index (χ3n) is 2.32. The summed E-state index contributed by atoms with van der Waals surface area (Å²) >= 11 is 0. The first kappa shape index (κ1) is 14.4. The first-order valence-corrected chi connectivity index (χ1v) is 5.45. The Morgan fingerprint density at radius 2 is 2.07 bits per heavy atom. The zero-order valence-corrected chi connectivity index (χ0v) is 10.2. The minimum atomic E-state index is -0.620. The van der Waals surface area contributed by atoms with E-state index in [1.54, 1.807) is 6.92 Å². The van der Waals surface area contributed by atoms with Crippen LogP contribution in [0.4, 0.5) is 0 Å². The van der Waals surface area contributed by atoms with Crippen molar-refractivity contribution in [1.29, 1.82) is 0 Å². The molecule has 0 rings (SSSR count). The van der Waals surface area contributed by atoms with Gasteiger partial charge in [-0.1, -0.05) is 0 Å². The molecule has 0 saturated carbocycles. The van der Waals surface area contributed by atoms with Crippen LogP contribution in [-0.2, 0) is 14.3 Å². The van der Waals surface area contributed by atoms with E-state index < -0.39 is 5.41 Å². The molecule has 0 heterocycles. The molecule has 1 atom stereocenters. The molecule has 2 N–H and O–H groups in total. The van der Waals surface area contributed by atoms with Crippen LogP contribution < -0.4 is 5.73 Å². The van der Waals surface area contributed by atoms with E-state index in [1.807, 2.05) is 20.8 Å². The maximum atomic E-state index is 11.6. The highest BCUT2D eigenvalue weighted by Gasteiger charge is 2.32. The van der Waals surface area contributed by atoms with E-state index in [0.717, 1.165) is 0 Å². The van der Waals surface area contributed by atoms with Crippen molar-refractivity contribution in [2.75, 3.05) is 19.8 Å². The van der Waals surface area contributed by atoms with Gasteiger partial charge in [0.1, 0.15) is 0 Å². The summed E-state index contributed by atoms with van der Waals surface area (Å²) in [7, 11) is 0. The number of esters is 1. The summed E-state index contributed by atoms with van der Waals surface area (Å²) in [6, 6.07) is 0. The summed E-state index contributed by atoms with van der Waals surface area (Å²) in [6.45, 7) is 8.74. The topological polar surface area (TPSA) is 61.5 Å². The third-order valence-corrected chi connectivity index (χ3v) is 2.32. The molecule has 1 unspecified atom stereocenters. The molecule has 0 fully saturated rings. The molecule has 0 aromatic carbocycles. The Morgan fingerprint density at radius 3 is 2.47 bits per heavy atom. The third kappa shape index (κ3) is 5.14. The van der Waals surface area contributed by atoms with Crippen molar-refractivity contribution in [2.24, 2.45) is 11.1 Å². The van der Waals surface area contributed by atoms with Crippen LogP contribution in [-0.4, -0.2) is 31.8 Å². The SMILES string of the molecule is CCOC(=O)C(C)(CN)CCOC(C)C. The number of rotatable bonds is 7. The van der Waals surface area contributed by atoms with Crippen LogP contribution in [0.1, 0.15) is 34.1 Å². The Hall–Kier alpha value is -0.610. The molecule has 0 bridgehead atoms. The molecule has 0 aromatic rings. The second-order valence-corrected chi connectivity index (χ2v) is 4.15. The van der Waals surface area contributed by atoms with Gasteiger partial charge in [-0.3, -0.25) is 4.79 Å². The van der Waals surface area contributed by atoms with Crippen molar-refractivity contribution < 1.29 is 14.3 Å². The molecule has 0 amide bonds. The van der Waals surface area contributed by atoms with E-state index >= 15 is 0 Å². The highest BCUT2D eigenvalue weighted by Crippen LogP contribution is 2.22. The van der Waals surface area contributed by atoms with E-state index in [9.17, 15) is 4.79 Å². The molecule has 0 aliphatic rings. The largest absolute Gasteiger partial charge is 0.466 e. The molecule has 15 heavy (non-hydrogen) atoms. The molecular weight excluding hydrogens is 194 g/mol. The number of carbonyl (C=O) groups is 1. The first-order valence-electron chi connectivity index (χ1n) is 5.45. The maximum Gasteiger partial charge on any atom is 0.313 e. The summed E-state index contributed by atoms with van der Waals surface area (Å²) in [4.78, 5) is 11.6. The average Bonchev–Trinajstić information content (AvgIpc) is 2.17. The zero-order chi connectivity index (χ0) is 11.9. The van der Waals surface area contributed by atoms with E-state index in [2.05, 4.69) is 0 Å². The van der Waals surface area contributed by atoms with E-state index in [1.165, 1.54) is 0 Å². The Kier molecular flexibility index (Phi) is 6.52. The number of hydrogen-bond donors (Lipinski definition) is 1. The molecule has 4 nitrogen and oxygen atoms in total. The predicted octanol–water partition coefficient (Wildman–Crippen LogP) is 1.33. The van der Waals surface area contributed by atoms with Gasteiger partial charge in [0.25, 0.3) is 0 Å². The molecule has 0 aliphatic carbocycles. The normalized spacial score (nSPS) is 15.1. The maximum absolute atomic E-state index is 11.6. The predicted molar refractivity (Wildman–Crippen MR) is 59.5 cm³/mol. The lowest BCUT2D eigenvalue weighted by molar-refractivity contribution is -0.155. The first-order chi connectivity index (χ1) is 6.96. The Morgan fingerprint density at radius 1 is 1.47 bits per heavy atom. The highest BCUT2D eigenvalue weighted by molar-refractivity contribution is 5.76. The van der Waals surface area contributed by atoms with Gasteiger partial charge in [0.05, 0.1) is 18.1 Å². The van der Waals surface area contributed by atoms with Crippen LogP contribution >= 0.6 is 0 Å². The number of carbonyl (C=O) groups excluding carboxylic acids is 1. The van der Waals surface area contributed by atoms with Gasteiger partial charge < -0.3 is 15.2 Å². The van der Waals surface area contributed by atoms with Gasteiger partial charge >= 0.3 is 5.97 Å². The summed E-state index contributed by atoms with van der Waals surface area (Å²) in [6.07, 6.45) is 0.773. The van der Waals surface area contributed by atoms with Gasteiger partial charge in [0.2, 0.25) is 0 Å². The fraction of sp³-hybridized carbons (Fsp3) is 0.909. The molecule has 0 saturated heterocycles. The number of hydrogen-bond acceptors (Lipinski definition) is 4. The lowest BCUT2D eigenvalue weighted by Crippen LogP contribution is -2.38. The van der Waals surface area contributed by atoms with Gasteiger partial charge in [-0.25, -0.2) is 0 Å². The van der Waals surface area contributed by atoms with Crippen LogP contribution in [0.3, 0.4) is 0 Å². The van der Waals surface area contributed by atoms with Crippen molar-refractivity contribution in [3.05, 3.63) is 0 Å². The summed E-state index contributed by atoms with van der Waals surface area (Å²) in [5, 5.41) is 0. The summed E-state index contributed by atoms with van der Waals surface area (Å²) in [5.74, 6) is -0.236. The lowest BCUT2D eigenvalue weighted by Gasteiger charge is -2.25. The van der Waals surface area contributed by atoms with Crippen molar-refractivity contribution in [1.82, 2.24) is 0 Å². The van der Waals surface area contributed by atoms with Gasteiger partial charge in [-0.05, 0) is 34.1 Å². The molecule has 0 spiro atoms. The fourth-order valence-corrected chi connectivity index (χ4v) is 1.11. The van der Waals surface area contributed by atoms with E-state index in [4.69, 9.17) is 15.2 Å². The van der Waals surface area contributed by atoms with Crippen molar-refractivity contribution >= 4 is 5.97 Å². The van der Waals surface area contributed by atoms with Crippen LogP contribution in [0.25, 0.3) is 0 Å². The van der Waals surface area contributed by atoms with Gasteiger partial charge in [-0.15, -0.1) is 0 Å². The molecule has 4 heteroatoms. The van der Waals surface area contributed by atoms with Crippen LogP contribution in [0.5, 0.6) is 0 Å². The van der Waals surface area contributed by atoms with Crippen molar-refractivity contribution in [2.45, 2.75) is 40.2 Å². The Labute approximate surface area is 92.1 Å².